The molecule has 0 unspecified atom stereocenters. The maximum atomic E-state index is 11.8. The Morgan fingerprint density at radius 2 is 2.31 bits per heavy atom. The number of piperazine rings is 1. The van der Waals surface area contributed by atoms with Gasteiger partial charge in [0.25, 0.3) is 0 Å². The molecule has 1 atom stereocenters. The fourth-order valence-corrected chi connectivity index (χ4v) is 1.98. The average molecular weight is 182 g/mol. The van der Waals surface area contributed by atoms with Crippen LogP contribution in [-0.2, 0) is 4.79 Å². The lowest BCUT2D eigenvalue weighted by Crippen LogP contribution is -2.53. The third-order valence-electron chi connectivity index (χ3n) is 3.03. The molecule has 2 aliphatic rings. The molecule has 2 fully saturated rings. The lowest BCUT2D eigenvalue weighted by Gasteiger charge is -2.35. The van der Waals surface area contributed by atoms with Gasteiger partial charge in [0.15, 0.2) is 0 Å². The minimum atomic E-state index is 0.382. The molecule has 1 heterocycles. The van der Waals surface area contributed by atoms with Crippen LogP contribution >= 0.6 is 0 Å². The minimum absolute atomic E-state index is 0.382. The molecule has 1 N–H and O–H groups in total. The van der Waals surface area contributed by atoms with E-state index in [0.29, 0.717) is 17.9 Å². The van der Waals surface area contributed by atoms with Gasteiger partial charge in [-0.1, -0.05) is 6.92 Å². The maximum absolute atomic E-state index is 11.8. The van der Waals surface area contributed by atoms with E-state index in [9.17, 15) is 4.79 Å². The summed E-state index contributed by atoms with van der Waals surface area (Å²) in [7, 11) is 0. The van der Waals surface area contributed by atoms with Gasteiger partial charge in [-0.05, 0) is 19.3 Å². The summed E-state index contributed by atoms with van der Waals surface area (Å²) in [6.45, 7) is 5.02. The largest absolute Gasteiger partial charge is 0.337 e. The number of nitrogens with zero attached hydrogens (tertiary/aromatic N) is 1. The van der Waals surface area contributed by atoms with Crippen LogP contribution in [-0.4, -0.2) is 36.5 Å². The number of amides is 1. The Balaban J connectivity index is 1.96. The molecule has 1 saturated heterocycles. The van der Waals surface area contributed by atoms with Crippen molar-refractivity contribution in [2.45, 2.75) is 32.2 Å². The summed E-state index contributed by atoms with van der Waals surface area (Å²) >= 11 is 0. The van der Waals surface area contributed by atoms with Crippen molar-refractivity contribution in [2.24, 2.45) is 5.92 Å². The molecule has 0 spiro atoms. The van der Waals surface area contributed by atoms with Gasteiger partial charge in [-0.2, -0.15) is 0 Å². The summed E-state index contributed by atoms with van der Waals surface area (Å²) in [4.78, 5) is 13.9. The molecule has 1 aliphatic carbocycles. The van der Waals surface area contributed by atoms with Gasteiger partial charge >= 0.3 is 0 Å². The van der Waals surface area contributed by atoms with Crippen LogP contribution in [0.25, 0.3) is 0 Å². The van der Waals surface area contributed by atoms with Gasteiger partial charge in [-0.3, -0.25) is 4.79 Å². The van der Waals surface area contributed by atoms with Crippen LogP contribution in [0.4, 0.5) is 0 Å². The molecule has 3 heteroatoms. The molecular formula is C10H18N2O. The fourth-order valence-electron chi connectivity index (χ4n) is 1.98. The molecule has 74 valence electrons. The Morgan fingerprint density at radius 3 is 2.92 bits per heavy atom. The Labute approximate surface area is 79.5 Å². The second-order valence-electron chi connectivity index (χ2n) is 4.07. The van der Waals surface area contributed by atoms with Gasteiger partial charge < -0.3 is 10.2 Å². The first-order valence-electron chi connectivity index (χ1n) is 5.34. The van der Waals surface area contributed by atoms with Crippen molar-refractivity contribution >= 4 is 5.91 Å². The molecule has 1 aliphatic heterocycles. The van der Waals surface area contributed by atoms with E-state index in [1.165, 1.54) is 0 Å². The zero-order valence-corrected chi connectivity index (χ0v) is 8.25. The summed E-state index contributed by atoms with van der Waals surface area (Å²) in [6, 6.07) is 0.446. The van der Waals surface area contributed by atoms with E-state index < -0.39 is 0 Å². The van der Waals surface area contributed by atoms with Crippen molar-refractivity contribution in [1.29, 1.82) is 0 Å². The highest BCUT2D eigenvalue weighted by Gasteiger charge is 2.36. The van der Waals surface area contributed by atoms with Gasteiger partial charge in [0, 0.05) is 31.6 Å². The summed E-state index contributed by atoms with van der Waals surface area (Å²) in [5.74, 6) is 0.792. The normalized spacial score (nSPS) is 29.0. The third kappa shape index (κ3) is 1.85. The number of nitrogens with one attached hydrogen (secondary N) is 1. The number of carbonyl (C=O) groups is 1. The molecule has 13 heavy (non-hydrogen) atoms. The lowest BCUT2D eigenvalue weighted by molar-refractivity contribution is -0.135. The van der Waals surface area contributed by atoms with Crippen LogP contribution in [0.1, 0.15) is 26.2 Å². The van der Waals surface area contributed by atoms with Crippen LogP contribution in [0.2, 0.25) is 0 Å². The predicted octanol–water partition coefficient (Wildman–Crippen LogP) is 0.607. The minimum Gasteiger partial charge on any atom is -0.337 e. The molecule has 0 aromatic carbocycles. The van der Waals surface area contributed by atoms with Crippen LogP contribution < -0.4 is 5.32 Å². The predicted molar refractivity (Wildman–Crippen MR) is 51.4 cm³/mol. The Bertz CT molecular complexity index is 201. The maximum Gasteiger partial charge on any atom is 0.226 e. The van der Waals surface area contributed by atoms with Gasteiger partial charge in [0.2, 0.25) is 5.91 Å². The highest BCUT2D eigenvalue weighted by atomic mass is 16.2. The topological polar surface area (TPSA) is 32.3 Å². The van der Waals surface area contributed by atoms with Crippen molar-refractivity contribution in [1.82, 2.24) is 10.2 Å². The molecule has 0 radical (unpaired) electrons. The summed E-state index contributed by atoms with van der Waals surface area (Å²) < 4.78 is 0. The second kappa shape index (κ2) is 3.66. The molecule has 3 nitrogen and oxygen atoms in total. The summed E-state index contributed by atoms with van der Waals surface area (Å²) in [5, 5.41) is 3.34. The summed E-state index contributed by atoms with van der Waals surface area (Å²) in [5.41, 5.74) is 0. The Kier molecular flexibility index (Phi) is 2.54. The van der Waals surface area contributed by atoms with Crippen LogP contribution in [0.15, 0.2) is 0 Å². The number of rotatable bonds is 2. The van der Waals surface area contributed by atoms with E-state index in [0.717, 1.165) is 38.9 Å². The third-order valence-corrected chi connectivity index (χ3v) is 3.03. The Hall–Kier alpha value is -0.570. The molecule has 2 rings (SSSR count). The van der Waals surface area contributed by atoms with E-state index in [4.69, 9.17) is 0 Å². The summed E-state index contributed by atoms with van der Waals surface area (Å²) in [6.07, 6.45) is 3.32. The molecule has 0 aromatic rings. The van der Waals surface area contributed by atoms with Crippen LogP contribution in [0.3, 0.4) is 0 Å². The second-order valence-corrected chi connectivity index (χ2v) is 4.07. The molecular weight excluding hydrogens is 164 g/mol. The van der Waals surface area contributed by atoms with Crippen molar-refractivity contribution in [2.75, 3.05) is 19.6 Å². The van der Waals surface area contributed by atoms with Gasteiger partial charge in [-0.25, -0.2) is 0 Å². The van der Waals surface area contributed by atoms with Crippen molar-refractivity contribution in [3.8, 4) is 0 Å². The molecule has 1 saturated carbocycles. The number of hydrogen-bond donors (Lipinski definition) is 1. The van der Waals surface area contributed by atoms with Gasteiger partial charge in [-0.15, -0.1) is 0 Å². The smallest absolute Gasteiger partial charge is 0.226 e. The van der Waals surface area contributed by atoms with Gasteiger partial charge in [0.05, 0.1) is 0 Å². The zero-order chi connectivity index (χ0) is 9.26. The van der Waals surface area contributed by atoms with Crippen LogP contribution in [0.5, 0.6) is 0 Å². The molecule has 1 amide bonds. The van der Waals surface area contributed by atoms with E-state index in [2.05, 4.69) is 17.1 Å². The average Bonchev–Trinajstić information content (AvgIpc) is 3.00. The Morgan fingerprint density at radius 1 is 1.54 bits per heavy atom. The molecule has 0 aromatic heterocycles. The van der Waals surface area contributed by atoms with Crippen molar-refractivity contribution < 1.29 is 4.79 Å². The zero-order valence-electron chi connectivity index (χ0n) is 8.25. The van der Waals surface area contributed by atoms with E-state index in [-0.39, 0.29) is 0 Å². The highest BCUT2D eigenvalue weighted by molar-refractivity contribution is 5.81. The number of carbonyl (C=O) groups excluding carboxylic acids is 1. The first kappa shape index (κ1) is 9.00. The van der Waals surface area contributed by atoms with E-state index >= 15 is 0 Å². The highest BCUT2D eigenvalue weighted by Crippen LogP contribution is 2.32. The van der Waals surface area contributed by atoms with E-state index in [1.807, 2.05) is 0 Å². The van der Waals surface area contributed by atoms with Crippen molar-refractivity contribution in [3.05, 3.63) is 0 Å². The first-order valence-corrected chi connectivity index (χ1v) is 5.34. The molecule has 0 bridgehead atoms. The quantitative estimate of drug-likeness (QED) is 0.678. The standard InChI is InChI=1S/C10H18N2O/c1-2-9-7-11-5-6-12(9)10(13)8-3-4-8/h8-9,11H,2-7H2,1H3/t9-/m0/s1. The monoisotopic (exact) mass is 182 g/mol. The van der Waals surface area contributed by atoms with Crippen LogP contribution in [0, 0.1) is 5.92 Å². The van der Waals surface area contributed by atoms with Gasteiger partial charge in [0.1, 0.15) is 0 Å². The lowest BCUT2D eigenvalue weighted by atomic mass is 10.1. The fraction of sp³-hybridized carbons (Fsp3) is 0.900. The van der Waals surface area contributed by atoms with Crippen molar-refractivity contribution in [3.63, 3.8) is 0 Å². The van der Waals surface area contributed by atoms with E-state index in [1.54, 1.807) is 0 Å². The number of hydrogen-bond acceptors (Lipinski definition) is 2. The SMILES string of the molecule is CC[C@H]1CNCCN1C(=O)C1CC1. The first-order chi connectivity index (χ1) is 6.33.